The third-order valence-electron chi connectivity index (χ3n) is 4.99. The normalized spacial score (nSPS) is 10.4. The number of amides is 3. The molecule has 3 rings (SSSR count). The van der Waals surface area contributed by atoms with Crippen LogP contribution in [0.25, 0.3) is 0 Å². The average molecular weight is 445 g/mol. The molecule has 0 unspecified atom stereocenters. The highest BCUT2D eigenvalue weighted by molar-refractivity contribution is 6.06. The van der Waals surface area contributed by atoms with Crippen LogP contribution in [-0.2, 0) is 9.59 Å². The fourth-order valence-electron chi connectivity index (χ4n) is 3.00. The summed E-state index contributed by atoms with van der Waals surface area (Å²) >= 11 is 0. The zero-order chi connectivity index (χ0) is 23.8. The maximum atomic E-state index is 12.7. The van der Waals surface area contributed by atoms with Gasteiger partial charge in [0.05, 0.1) is 6.54 Å². The minimum atomic E-state index is -0.215. The van der Waals surface area contributed by atoms with Crippen LogP contribution in [-0.4, -0.2) is 31.3 Å². The van der Waals surface area contributed by atoms with E-state index in [1.54, 1.807) is 60.5 Å². The average Bonchev–Trinajstić information content (AvgIpc) is 2.83. The first-order valence-electron chi connectivity index (χ1n) is 10.7. The first-order chi connectivity index (χ1) is 15.8. The number of anilines is 4. The van der Waals surface area contributed by atoms with Gasteiger partial charge in [-0.2, -0.15) is 0 Å². The van der Waals surface area contributed by atoms with Crippen molar-refractivity contribution in [3.8, 4) is 0 Å². The second kappa shape index (κ2) is 10.9. The molecule has 3 aromatic rings. The molecule has 0 saturated carbocycles. The fourth-order valence-corrected chi connectivity index (χ4v) is 3.00. The van der Waals surface area contributed by atoms with E-state index in [0.29, 0.717) is 16.9 Å². The fraction of sp³-hybridized carbons (Fsp3) is 0.192. The molecule has 0 saturated heterocycles. The van der Waals surface area contributed by atoms with Gasteiger partial charge in [-0.1, -0.05) is 32.0 Å². The van der Waals surface area contributed by atoms with Crippen molar-refractivity contribution in [2.24, 2.45) is 5.92 Å². The molecule has 0 heterocycles. The molecule has 0 bridgehead atoms. The van der Waals surface area contributed by atoms with Crippen LogP contribution in [0.5, 0.6) is 0 Å². The summed E-state index contributed by atoms with van der Waals surface area (Å²) in [7, 11) is 1.73. The molecule has 33 heavy (non-hydrogen) atoms. The molecule has 0 aliphatic rings. The van der Waals surface area contributed by atoms with Crippen LogP contribution in [0, 0.1) is 5.92 Å². The summed E-state index contributed by atoms with van der Waals surface area (Å²) in [5.41, 5.74) is 3.41. The zero-order valence-electron chi connectivity index (χ0n) is 19.0. The Morgan fingerprint density at radius 2 is 1.30 bits per heavy atom. The van der Waals surface area contributed by atoms with Gasteiger partial charge < -0.3 is 20.9 Å². The quantitative estimate of drug-likeness (QED) is 0.473. The maximum Gasteiger partial charge on any atom is 0.258 e. The van der Waals surface area contributed by atoms with Gasteiger partial charge in [0.1, 0.15) is 0 Å². The summed E-state index contributed by atoms with van der Waals surface area (Å²) in [5.74, 6) is -0.487. The van der Waals surface area contributed by atoms with Crippen LogP contribution in [0.3, 0.4) is 0 Å². The summed E-state index contributed by atoms with van der Waals surface area (Å²) in [5, 5.41) is 8.67. The number of rotatable bonds is 8. The Morgan fingerprint density at radius 3 is 1.91 bits per heavy atom. The molecule has 0 aliphatic heterocycles. The van der Waals surface area contributed by atoms with E-state index in [1.807, 2.05) is 44.2 Å². The minimum Gasteiger partial charge on any atom is -0.376 e. The van der Waals surface area contributed by atoms with Crippen molar-refractivity contribution < 1.29 is 14.4 Å². The molecule has 7 heteroatoms. The molecule has 0 spiro atoms. The summed E-state index contributed by atoms with van der Waals surface area (Å²) in [6.45, 7) is 3.74. The van der Waals surface area contributed by atoms with E-state index < -0.39 is 0 Å². The van der Waals surface area contributed by atoms with Gasteiger partial charge in [-0.05, 0) is 60.7 Å². The van der Waals surface area contributed by atoms with E-state index in [4.69, 9.17) is 0 Å². The Balaban J connectivity index is 1.49. The Morgan fingerprint density at radius 1 is 0.758 bits per heavy atom. The Kier molecular flexibility index (Phi) is 7.81. The molecule has 0 aromatic heterocycles. The number of nitrogens with zero attached hydrogens (tertiary/aromatic N) is 1. The topological polar surface area (TPSA) is 90.5 Å². The van der Waals surface area contributed by atoms with Crippen molar-refractivity contribution >= 4 is 40.5 Å². The van der Waals surface area contributed by atoms with E-state index in [-0.39, 0.29) is 30.2 Å². The first-order valence-corrected chi connectivity index (χ1v) is 10.7. The molecule has 3 N–H and O–H groups in total. The number of nitrogens with one attached hydrogen (secondary N) is 3. The molecule has 0 radical (unpaired) electrons. The second-order valence-corrected chi connectivity index (χ2v) is 7.90. The molecule has 0 atom stereocenters. The van der Waals surface area contributed by atoms with Gasteiger partial charge in [0.25, 0.3) is 5.91 Å². The van der Waals surface area contributed by atoms with Gasteiger partial charge in [-0.15, -0.1) is 0 Å². The number of benzene rings is 3. The highest BCUT2D eigenvalue weighted by atomic mass is 16.2. The maximum absolute atomic E-state index is 12.7. The van der Waals surface area contributed by atoms with E-state index in [1.165, 1.54) is 0 Å². The Bertz CT molecular complexity index is 1090. The van der Waals surface area contributed by atoms with E-state index in [9.17, 15) is 14.4 Å². The number of carbonyl (C=O) groups is 3. The zero-order valence-corrected chi connectivity index (χ0v) is 19.0. The number of hydrogen-bond donors (Lipinski definition) is 3. The molecular weight excluding hydrogens is 416 g/mol. The van der Waals surface area contributed by atoms with Crippen LogP contribution in [0.15, 0.2) is 78.9 Å². The number of para-hydroxylation sites is 1. The third-order valence-corrected chi connectivity index (χ3v) is 4.99. The lowest BCUT2D eigenvalue weighted by atomic mass is 10.1. The lowest BCUT2D eigenvalue weighted by Gasteiger charge is -2.17. The molecule has 3 amide bonds. The Hall–Kier alpha value is -4.13. The standard InChI is InChI=1S/C26H28N4O3/c1-18(2)25(32)29-22-15-13-20(14-16-22)27-17-24(31)28-21-11-9-19(10-12-21)26(33)30(3)23-7-5-4-6-8-23/h4-16,18,27H,17H2,1-3H3,(H,28,31)(H,29,32). The largest absolute Gasteiger partial charge is 0.376 e. The van der Waals surface area contributed by atoms with Gasteiger partial charge in [-0.25, -0.2) is 0 Å². The van der Waals surface area contributed by atoms with Crippen LogP contribution < -0.4 is 20.9 Å². The molecule has 3 aromatic carbocycles. The van der Waals surface area contributed by atoms with Gasteiger partial charge in [-0.3, -0.25) is 14.4 Å². The predicted octanol–water partition coefficient (Wildman–Crippen LogP) is 4.61. The van der Waals surface area contributed by atoms with Crippen molar-refractivity contribution in [2.75, 3.05) is 34.4 Å². The molecular formula is C26H28N4O3. The lowest BCUT2D eigenvalue weighted by Crippen LogP contribution is -2.26. The summed E-state index contributed by atoms with van der Waals surface area (Å²) in [4.78, 5) is 38.3. The van der Waals surface area contributed by atoms with E-state index in [0.717, 1.165) is 11.4 Å². The van der Waals surface area contributed by atoms with Crippen LogP contribution in [0.2, 0.25) is 0 Å². The predicted molar refractivity (Wildman–Crippen MR) is 133 cm³/mol. The van der Waals surface area contributed by atoms with E-state index in [2.05, 4.69) is 16.0 Å². The third kappa shape index (κ3) is 6.67. The van der Waals surface area contributed by atoms with E-state index >= 15 is 0 Å². The molecule has 0 aliphatic carbocycles. The smallest absolute Gasteiger partial charge is 0.258 e. The highest BCUT2D eigenvalue weighted by Gasteiger charge is 2.13. The number of carbonyl (C=O) groups excluding carboxylic acids is 3. The summed E-state index contributed by atoms with van der Waals surface area (Å²) < 4.78 is 0. The Labute approximate surface area is 193 Å². The lowest BCUT2D eigenvalue weighted by molar-refractivity contribution is -0.119. The summed E-state index contributed by atoms with van der Waals surface area (Å²) in [6, 6.07) is 23.3. The van der Waals surface area contributed by atoms with Crippen LogP contribution in [0.1, 0.15) is 24.2 Å². The second-order valence-electron chi connectivity index (χ2n) is 7.90. The molecule has 170 valence electrons. The highest BCUT2D eigenvalue weighted by Crippen LogP contribution is 2.17. The van der Waals surface area contributed by atoms with Crippen molar-refractivity contribution in [2.45, 2.75) is 13.8 Å². The van der Waals surface area contributed by atoms with Gasteiger partial charge in [0, 0.05) is 41.3 Å². The monoisotopic (exact) mass is 444 g/mol. The van der Waals surface area contributed by atoms with Crippen LogP contribution >= 0.6 is 0 Å². The first kappa shape index (κ1) is 23.5. The van der Waals surface area contributed by atoms with Crippen molar-refractivity contribution in [3.63, 3.8) is 0 Å². The van der Waals surface area contributed by atoms with Crippen molar-refractivity contribution in [3.05, 3.63) is 84.4 Å². The van der Waals surface area contributed by atoms with Gasteiger partial charge in [0.15, 0.2) is 0 Å². The minimum absolute atomic E-state index is 0.0467. The van der Waals surface area contributed by atoms with Crippen molar-refractivity contribution in [1.29, 1.82) is 0 Å². The summed E-state index contributed by atoms with van der Waals surface area (Å²) in [6.07, 6.45) is 0. The molecule has 7 nitrogen and oxygen atoms in total. The van der Waals surface area contributed by atoms with Gasteiger partial charge >= 0.3 is 0 Å². The number of hydrogen-bond acceptors (Lipinski definition) is 4. The SMILES string of the molecule is CC(C)C(=O)Nc1ccc(NCC(=O)Nc2ccc(C(=O)N(C)c3ccccc3)cc2)cc1. The van der Waals surface area contributed by atoms with Crippen LogP contribution in [0.4, 0.5) is 22.7 Å². The van der Waals surface area contributed by atoms with Crippen molar-refractivity contribution in [1.82, 2.24) is 0 Å². The van der Waals surface area contributed by atoms with Gasteiger partial charge in [0.2, 0.25) is 11.8 Å². The molecule has 0 fully saturated rings.